The zero-order valence-electron chi connectivity index (χ0n) is 17.5. The van der Waals surface area contributed by atoms with Gasteiger partial charge in [0, 0.05) is 17.7 Å². The summed E-state index contributed by atoms with van der Waals surface area (Å²) in [6, 6.07) is 16.1. The molecule has 1 aromatic heterocycles. The van der Waals surface area contributed by atoms with Crippen LogP contribution >= 0.6 is 0 Å². The number of hydrogen-bond donors (Lipinski definition) is 0. The first-order valence-corrected chi connectivity index (χ1v) is 10.0. The number of fused-ring (bicyclic) bond motifs is 3. The minimum Gasteiger partial charge on any atom is -0.492 e. The lowest BCUT2D eigenvalue weighted by atomic mass is 9.89. The van der Waals surface area contributed by atoms with E-state index in [1.54, 1.807) is 6.07 Å². The van der Waals surface area contributed by atoms with Gasteiger partial charge in [0.05, 0.1) is 11.4 Å². The van der Waals surface area contributed by atoms with E-state index in [1.807, 2.05) is 51.4 Å². The second-order valence-electron chi connectivity index (χ2n) is 8.05. The van der Waals surface area contributed by atoms with E-state index in [-0.39, 0.29) is 5.56 Å². The normalized spacial score (nSPS) is 13.7. The predicted octanol–water partition coefficient (Wildman–Crippen LogP) is 3.64. The molecule has 1 heterocycles. The van der Waals surface area contributed by atoms with Crippen molar-refractivity contribution in [3.63, 3.8) is 0 Å². The molecule has 4 rings (SSSR count). The van der Waals surface area contributed by atoms with Crippen LogP contribution in [0.2, 0.25) is 0 Å². The Balaban J connectivity index is 1.72. The summed E-state index contributed by atoms with van der Waals surface area (Å²) >= 11 is 0. The SMILES string of the molecule is Cc1ccc(-n2nc3c(cc2=O)CCc2ccc(OCC(C)N(C)C)cc2-3)cc1. The summed E-state index contributed by atoms with van der Waals surface area (Å²) in [4.78, 5) is 14.8. The number of hydrogen-bond acceptors (Lipinski definition) is 4. The Bertz CT molecular complexity index is 1080. The van der Waals surface area contributed by atoms with Crippen LogP contribution in [0.15, 0.2) is 53.3 Å². The van der Waals surface area contributed by atoms with Gasteiger partial charge in [0.1, 0.15) is 12.4 Å². The largest absolute Gasteiger partial charge is 0.492 e. The fourth-order valence-corrected chi connectivity index (χ4v) is 3.50. The standard InChI is InChI=1S/C24H27N3O2/c1-16-5-10-20(11-6-16)27-23(28)13-19-8-7-18-9-12-21(14-22(18)24(19)25-27)29-15-17(2)26(3)4/h5-6,9-14,17H,7-8,15H2,1-4H3. The highest BCUT2D eigenvalue weighted by Crippen LogP contribution is 2.34. The van der Waals surface area contributed by atoms with Crippen LogP contribution in [0.1, 0.15) is 23.6 Å². The van der Waals surface area contributed by atoms with Crippen molar-refractivity contribution in [2.24, 2.45) is 0 Å². The highest BCUT2D eigenvalue weighted by molar-refractivity contribution is 5.70. The van der Waals surface area contributed by atoms with Gasteiger partial charge in [-0.05, 0) is 76.2 Å². The van der Waals surface area contributed by atoms with Crippen LogP contribution in [0.4, 0.5) is 0 Å². The molecule has 29 heavy (non-hydrogen) atoms. The lowest BCUT2D eigenvalue weighted by Gasteiger charge is -2.22. The first-order valence-electron chi connectivity index (χ1n) is 10.0. The van der Waals surface area contributed by atoms with Crippen molar-refractivity contribution in [1.29, 1.82) is 0 Å². The molecule has 1 aliphatic carbocycles. The highest BCUT2D eigenvalue weighted by Gasteiger charge is 2.21. The molecule has 5 nitrogen and oxygen atoms in total. The smallest absolute Gasteiger partial charge is 0.271 e. The van der Waals surface area contributed by atoms with Crippen LogP contribution in [-0.4, -0.2) is 41.4 Å². The molecule has 0 saturated heterocycles. The van der Waals surface area contributed by atoms with Gasteiger partial charge in [0.15, 0.2) is 0 Å². The van der Waals surface area contributed by atoms with Crippen molar-refractivity contribution in [1.82, 2.24) is 14.7 Å². The molecule has 1 unspecified atom stereocenters. The molecule has 0 aliphatic heterocycles. The maximum Gasteiger partial charge on any atom is 0.271 e. The number of aryl methyl sites for hydroxylation is 3. The topological polar surface area (TPSA) is 47.4 Å². The van der Waals surface area contributed by atoms with E-state index in [4.69, 9.17) is 9.84 Å². The molecule has 0 bridgehead atoms. The summed E-state index contributed by atoms with van der Waals surface area (Å²) in [6.07, 6.45) is 1.74. The zero-order valence-corrected chi connectivity index (χ0v) is 17.5. The highest BCUT2D eigenvalue weighted by atomic mass is 16.5. The molecule has 0 spiro atoms. The molecule has 5 heteroatoms. The van der Waals surface area contributed by atoms with Crippen LogP contribution in [-0.2, 0) is 12.8 Å². The fourth-order valence-electron chi connectivity index (χ4n) is 3.50. The van der Waals surface area contributed by atoms with E-state index in [1.165, 1.54) is 10.2 Å². The molecule has 150 valence electrons. The number of benzene rings is 2. The fraction of sp³-hybridized carbons (Fsp3) is 0.333. The summed E-state index contributed by atoms with van der Waals surface area (Å²) in [6.45, 7) is 4.78. The molecule has 3 aromatic rings. The number of aromatic nitrogens is 2. The Morgan fingerprint density at radius 1 is 1.07 bits per heavy atom. The minimum absolute atomic E-state index is 0.0942. The third-order valence-corrected chi connectivity index (χ3v) is 5.66. The lowest BCUT2D eigenvalue weighted by Crippen LogP contribution is -2.30. The Labute approximate surface area is 171 Å². The molecule has 1 atom stereocenters. The molecule has 2 aromatic carbocycles. The van der Waals surface area contributed by atoms with Gasteiger partial charge in [-0.1, -0.05) is 23.8 Å². The molecule has 0 N–H and O–H groups in total. The van der Waals surface area contributed by atoms with Gasteiger partial charge in [-0.3, -0.25) is 4.79 Å². The summed E-state index contributed by atoms with van der Waals surface area (Å²) in [5, 5.41) is 4.76. The van der Waals surface area contributed by atoms with Crippen LogP contribution in [0.5, 0.6) is 5.75 Å². The molecule has 0 radical (unpaired) electrons. The Morgan fingerprint density at radius 3 is 2.52 bits per heavy atom. The summed E-state index contributed by atoms with van der Waals surface area (Å²) in [5.74, 6) is 0.834. The Kier molecular flexibility index (Phi) is 5.24. The van der Waals surface area contributed by atoms with Crippen LogP contribution in [0.25, 0.3) is 16.9 Å². The average Bonchev–Trinajstić information content (AvgIpc) is 2.71. The van der Waals surface area contributed by atoms with E-state index in [0.29, 0.717) is 12.6 Å². The number of ether oxygens (including phenoxy) is 1. The molecule has 0 saturated carbocycles. The second kappa shape index (κ2) is 7.84. The third-order valence-electron chi connectivity index (χ3n) is 5.66. The van der Waals surface area contributed by atoms with Gasteiger partial charge in [-0.2, -0.15) is 9.78 Å². The molecular formula is C24H27N3O2. The molecular weight excluding hydrogens is 362 g/mol. The van der Waals surface area contributed by atoms with Crippen molar-refractivity contribution in [2.75, 3.05) is 20.7 Å². The van der Waals surface area contributed by atoms with Gasteiger partial charge >= 0.3 is 0 Å². The molecule has 0 amide bonds. The molecule has 1 aliphatic rings. The van der Waals surface area contributed by atoms with Crippen molar-refractivity contribution in [3.05, 3.63) is 75.6 Å². The van der Waals surface area contributed by atoms with Crippen molar-refractivity contribution in [3.8, 4) is 22.7 Å². The van der Waals surface area contributed by atoms with Crippen LogP contribution < -0.4 is 10.3 Å². The summed E-state index contributed by atoms with van der Waals surface area (Å²) in [7, 11) is 4.09. The minimum atomic E-state index is -0.0942. The first-order chi connectivity index (χ1) is 13.9. The second-order valence-corrected chi connectivity index (χ2v) is 8.05. The Hall–Kier alpha value is -2.92. The number of nitrogens with zero attached hydrogens (tertiary/aromatic N) is 3. The van der Waals surface area contributed by atoms with Gasteiger partial charge in [-0.15, -0.1) is 0 Å². The third kappa shape index (κ3) is 3.96. The predicted molar refractivity (Wildman–Crippen MR) is 116 cm³/mol. The quantitative estimate of drug-likeness (QED) is 0.669. The van der Waals surface area contributed by atoms with Crippen molar-refractivity contribution < 1.29 is 4.74 Å². The lowest BCUT2D eigenvalue weighted by molar-refractivity contribution is 0.198. The van der Waals surface area contributed by atoms with E-state index >= 15 is 0 Å². The number of likely N-dealkylation sites (N-methyl/N-ethyl adjacent to an activating group) is 1. The van der Waals surface area contributed by atoms with Crippen LogP contribution in [0, 0.1) is 6.92 Å². The van der Waals surface area contributed by atoms with Gasteiger partial charge in [0.2, 0.25) is 0 Å². The van der Waals surface area contributed by atoms with E-state index in [0.717, 1.165) is 46.7 Å². The van der Waals surface area contributed by atoms with Crippen molar-refractivity contribution in [2.45, 2.75) is 32.7 Å². The zero-order chi connectivity index (χ0) is 20.5. The summed E-state index contributed by atoms with van der Waals surface area (Å²) in [5.41, 5.74) is 6.02. The van der Waals surface area contributed by atoms with Crippen molar-refractivity contribution >= 4 is 0 Å². The average molecular weight is 389 g/mol. The first kappa shape index (κ1) is 19.4. The van der Waals surface area contributed by atoms with E-state index in [9.17, 15) is 4.79 Å². The maximum absolute atomic E-state index is 12.7. The van der Waals surface area contributed by atoms with Crippen LogP contribution in [0.3, 0.4) is 0 Å². The van der Waals surface area contributed by atoms with E-state index < -0.39 is 0 Å². The van der Waals surface area contributed by atoms with E-state index in [2.05, 4.69) is 24.0 Å². The van der Waals surface area contributed by atoms with Gasteiger partial charge in [-0.25, -0.2) is 0 Å². The Morgan fingerprint density at radius 2 is 1.79 bits per heavy atom. The number of rotatable bonds is 5. The monoisotopic (exact) mass is 389 g/mol. The maximum atomic E-state index is 12.7. The van der Waals surface area contributed by atoms with Gasteiger partial charge < -0.3 is 9.64 Å². The summed E-state index contributed by atoms with van der Waals surface area (Å²) < 4.78 is 7.52. The van der Waals surface area contributed by atoms with Gasteiger partial charge in [0.25, 0.3) is 5.56 Å². The molecule has 0 fully saturated rings.